The molecule has 0 radical (unpaired) electrons. The number of morpholine rings is 1. The number of aryl methyl sites for hydroxylation is 1. The van der Waals surface area contributed by atoms with Gasteiger partial charge < -0.3 is 19.5 Å². The zero-order valence-corrected chi connectivity index (χ0v) is 21.7. The van der Waals surface area contributed by atoms with Crippen molar-refractivity contribution in [2.24, 2.45) is 0 Å². The van der Waals surface area contributed by atoms with Gasteiger partial charge in [0.25, 0.3) is 5.91 Å². The molecule has 2 aliphatic heterocycles. The number of hydrogen-bond acceptors (Lipinski definition) is 8. The maximum atomic E-state index is 14.0. The third-order valence-corrected chi connectivity index (χ3v) is 7.95. The summed E-state index contributed by atoms with van der Waals surface area (Å²) in [6.07, 6.45) is 0. The molecular weight excluding hydrogens is 490 g/mol. The van der Waals surface area contributed by atoms with E-state index < -0.39 is 17.7 Å². The number of nitrogens with zero attached hydrogens (tertiary/aromatic N) is 3. The molecule has 1 atom stereocenters. The van der Waals surface area contributed by atoms with Crippen molar-refractivity contribution in [3.05, 3.63) is 82.1 Å². The van der Waals surface area contributed by atoms with E-state index in [9.17, 15) is 14.7 Å². The molecule has 3 heterocycles. The Bertz CT molecular complexity index is 1330. The van der Waals surface area contributed by atoms with Crippen molar-refractivity contribution in [1.82, 2.24) is 14.8 Å². The molecule has 1 saturated heterocycles. The molecule has 0 spiro atoms. The number of thiazole rings is 1. The van der Waals surface area contributed by atoms with Gasteiger partial charge in [0.15, 0.2) is 5.76 Å². The van der Waals surface area contributed by atoms with E-state index in [0.717, 1.165) is 18.7 Å². The molecule has 8 nitrogen and oxygen atoms in total. The topological polar surface area (TPSA) is 92.2 Å². The first-order valence-corrected chi connectivity index (χ1v) is 13.0. The van der Waals surface area contributed by atoms with Crippen LogP contribution in [-0.2, 0) is 9.53 Å². The molecular formula is C28H29N3O5S. The highest BCUT2D eigenvalue weighted by atomic mass is 32.1. The van der Waals surface area contributed by atoms with Crippen molar-refractivity contribution in [2.75, 3.05) is 46.5 Å². The van der Waals surface area contributed by atoms with E-state index in [0.29, 0.717) is 53.2 Å². The lowest BCUT2D eigenvalue weighted by Gasteiger charge is -2.31. The molecule has 0 saturated carbocycles. The molecule has 3 aromatic rings. The monoisotopic (exact) mass is 519 g/mol. The fourth-order valence-corrected chi connectivity index (χ4v) is 5.81. The lowest BCUT2D eigenvalue weighted by molar-refractivity contribution is -0.129. The molecule has 0 unspecified atom stereocenters. The van der Waals surface area contributed by atoms with Gasteiger partial charge >= 0.3 is 0 Å². The maximum absolute atomic E-state index is 14.0. The van der Waals surface area contributed by atoms with Crippen molar-refractivity contribution in [3.63, 3.8) is 0 Å². The van der Waals surface area contributed by atoms with Gasteiger partial charge in [-0.25, -0.2) is 4.98 Å². The summed E-state index contributed by atoms with van der Waals surface area (Å²) < 4.78 is 10.8. The number of methoxy groups -OCH3 is 1. The van der Waals surface area contributed by atoms with Crippen LogP contribution in [0, 0.1) is 6.92 Å². The predicted molar refractivity (Wildman–Crippen MR) is 141 cm³/mol. The fraction of sp³-hybridized carbons (Fsp3) is 0.321. The summed E-state index contributed by atoms with van der Waals surface area (Å²) in [5.74, 6) is -0.829. The number of aliphatic hydroxyl groups is 1. The van der Waals surface area contributed by atoms with E-state index in [-0.39, 0.29) is 11.4 Å². The number of carbonyl (C=O) groups is 2. The SMILES string of the molecule is COc1cccc([C@@H]2C(C(=O)c3sc(-c4ccccc4)nc3C)=C(O)C(=O)N2CCN2CCOCC2)c1. The Hall–Kier alpha value is -3.53. The first-order valence-electron chi connectivity index (χ1n) is 12.2. The van der Waals surface area contributed by atoms with Crippen molar-refractivity contribution in [3.8, 4) is 16.3 Å². The molecule has 1 N–H and O–H groups in total. The highest BCUT2D eigenvalue weighted by Gasteiger charge is 2.44. The van der Waals surface area contributed by atoms with E-state index in [1.165, 1.54) is 11.3 Å². The second-order valence-corrected chi connectivity index (χ2v) is 10.0. The van der Waals surface area contributed by atoms with Gasteiger partial charge in [0.05, 0.1) is 42.5 Å². The molecule has 1 aromatic heterocycles. The van der Waals surface area contributed by atoms with E-state index in [1.807, 2.05) is 48.5 Å². The zero-order valence-electron chi connectivity index (χ0n) is 20.8. The third kappa shape index (κ3) is 5.02. The Morgan fingerprint density at radius 1 is 1.14 bits per heavy atom. The highest BCUT2D eigenvalue weighted by molar-refractivity contribution is 7.17. The van der Waals surface area contributed by atoms with Gasteiger partial charge in [-0.3, -0.25) is 14.5 Å². The number of aliphatic hydroxyl groups excluding tert-OH is 1. The molecule has 1 amide bonds. The van der Waals surface area contributed by atoms with Crippen molar-refractivity contribution >= 4 is 23.0 Å². The molecule has 37 heavy (non-hydrogen) atoms. The Morgan fingerprint density at radius 2 is 1.89 bits per heavy atom. The molecule has 192 valence electrons. The largest absolute Gasteiger partial charge is 0.503 e. The number of benzene rings is 2. The van der Waals surface area contributed by atoms with Crippen LogP contribution < -0.4 is 4.74 Å². The van der Waals surface area contributed by atoms with Gasteiger partial charge in [0.2, 0.25) is 5.78 Å². The molecule has 1 fully saturated rings. The van der Waals surface area contributed by atoms with Crippen LogP contribution >= 0.6 is 11.3 Å². The lowest BCUT2D eigenvalue weighted by atomic mass is 9.95. The van der Waals surface area contributed by atoms with Gasteiger partial charge in [-0.15, -0.1) is 11.3 Å². The Balaban J connectivity index is 1.51. The van der Waals surface area contributed by atoms with Crippen LogP contribution in [0.5, 0.6) is 5.75 Å². The summed E-state index contributed by atoms with van der Waals surface area (Å²) >= 11 is 1.27. The summed E-state index contributed by atoms with van der Waals surface area (Å²) in [5, 5.41) is 11.8. The molecule has 0 bridgehead atoms. The molecule has 0 aliphatic carbocycles. The van der Waals surface area contributed by atoms with Crippen LogP contribution in [0.4, 0.5) is 0 Å². The van der Waals surface area contributed by atoms with E-state index >= 15 is 0 Å². The van der Waals surface area contributed by atoms with E-state index in [2.05, 4.69) is 9.88 Å². The molecule has 9 heteroatoms. The van der Waals surface area contributed by atoms with Crippen molar-refractivity contribution in [2.45, 2.75) is 13.0 Å². The second kappa shape index (κ2) is 10.8. The van der Waals surface area contributed by atoms with Crippen LogP contribution in [0.3, 0.4) is 0 Å². The first-order chi connectivity index (χ1) is 18.0. The van der Waals surface area contributed by atoms with Gasteiger partial charge in [0.1, 0.15) is 10.8 Å². The summed E-state index contributed by atoms with van der Waals surface area (Å²) in [6.45, 7) is 5.60. The van der Waals surface area contributed by atoms with Gasteiger partial charge in [-0.2, -0.15) is 0 Å². The number of hydrogen-bond donors (Lipinski definition) is 1. The summed E-state index contributed by atoms with van der Waals surface area (Å²) in [5.41, 5.74) is 2.25. The van der Waals surface area contributed by atoms with Crippen LogP contribution in [0.2, 0.25) is 0 Å². The number of rotatable bonds is 8. The minimum Gasteiger partial charge on any atom is -0.503 e. The Kier molecular flexibility index (Phi) is 7.36. The second-order valence-electron chi connectivity index (χ2n) is 9.02. The van der Waals surface area contributed by atoms with Crippen LogP contribution in [-0.4, -0.2) is 78.1 Å². The molecule has 5 rings (SSSR count). The van der Waals surface area contributed by atoms with Gasteiger partial charge in [-0.1, -0.05) is 42.5 Å². The number of aromatic nitrogens is 1. The van der Waals surface area contributed by atoms with Gasteiger partial charge in [-0.05, 0) is 24.6 Å². The number of ketones is 1. The summed E-state index contributed by atoms with van der Waals surface area (Å²) in [6, 6.07) is 16.2. The van der Waals surface area contributed by atoms with Crippen LogP contribution in [0.1, 0.15) is 27.0 Å². The summed E-state index contributed by atoms with van der Waals surface area (Å²) in [7, 11) is 1.57. The number of carbonyl (C=O) groups excluding carboxylic acids is 2. The lowest BCUT2D eigenvalue weighted by Crippen LogP contribution is -2.43. The number of ether oxygens (including phenoxy) is 2. The normalized spacial score (nSPS) is 18.5. The van der Waals surface area contributed by atoms with Crippen molar-refractivity contribution in [1.29, 1.82) is 0 Å². The third-order valence-electron chi connectivity index (χ3n) is 6.74. The standard InChI is InChI=1S/C28H29N3O5S/c1-18-26(37-27(29-18)19-7-4-3-5-8-19)24(32)22-23(20-9-6-10-21(17-20)35-2)31(28(34)25(22)33)12-11-30-13-15-36-16-14-30/h3-10,17,23,33H,11-16H2,1-2H3/t23-/m1/s1. The fourth-order valence-electron chi connectivity index (χ4n) is 4.78. The van der Waals surface area contributed by atoms with Gasteiger partial charge in [0, 0.05) is 31.7 Å². The highest BCUT2D eigenvalue weighted by Crippen LogP contribution is 2.41. The molecule has 2 aromatic carbocycles. The summed E-state index contributed by atoms with van der Waals surface area (Å²) in [4.78, 5) is 36.2. The van der Waals surface area contributed by atoms with E-state index in [4.69, 9.17) is 9.47 Å². The van der Waals surface area contributed by atoms with Crippen molar-refractivity contribution < 1.29 is 24.2 Å². The Labute approximate surface area is 219 Å². The number of Topliss-reactive ketones (excluding diaryl/α,β-unsaturated/α-hetero) is 1. The average molecular weight is 520 g/mol. The maximum Gasteiger partial charge on any atom is 0.290 e. The minimum absolute atomic E-state index is 0.0755. The minimum atomic E-state index is -0.738. The molecule has 2 aliphatic rings. The zero-order chi connectivity index (χ0) is 25.9. The van der Waals surface area contributed by atoms with Crippen LogP contribution in [0.15, 0.2) is 65.9 Å². The quantitative estimate of drug-likeness (QED) is 0.449. The average Bonchev–Trinajstić information content (AvgIpc) is 3.45. The van der Waals surface area contributed by atoms with E-state index in [1.54, 1.807) is 25.0 Å². The smallest absolute Gasteiger partial charge is 0.290 e. The number of amides is 1. The Morgan fingerprint density at radius 3 is 2.62 bits per heavy atom. The first kappa shape index (κ1) is 25.1. The van der Waals surface area contributed by atoms with Crippen LogP contribution in [0.25, 0.3) is 10.6 Å². The predicted octanol–water partition coefficient (Wildman–Crippen LogP) is 4.04.